The number of hydrogen-bond acceptors (Lipinski definition) is 10. The molecule has 0 fully saturated rings. The third-order valence-corrected chi connectivity index (χ3v) is 7.55. The lowest BCUT2D eigenvalue weighted by atomic mass is 10.2. The summed E-state index contributed by atoms with van der Waals surface area (Å²) in [4.78, 5) is 67.9. The van der Waals surface area contributed by atoms with Gasteiger partial charge in [-0.3, -0.25) is 24.1 Å². The minimum absolute atomic E-state index is 0.132. The normalized spacial score (nSPS) is 13.8. The van der Waals surface area contributed by atoms with Gasteiger partial charge in [-0.05, 0) is 19.2 Å². The van der Waals surface area contributed by atoms with Gasteiger partial charge in [-0.25, -0.2) is 15.0 Å². The van der Waals surface area contributed by atoms with Crippen LogP contribution < -0.4 is 20.9 Å². The second kappa shape index (κ2) is 11.7. The van der Waals surface area contributed by atoms with Crippen LogP contribution in [-0.2, 0) is 27.3 Å². The van der Waals surface area contributed by atoms with Gasteiger partial charge in [0, 0.05) is 55.8 Å². The van der Waals surface area contributed by atoms with Crippen molar-refractivity contribution in [1.82, 2.24) is 30.5 Å². The topological polar surface area (TPSA) is 150 Å². The summed E-state index contributed by atoms with van der Waals surface area (Å²) in [5, 5.41) is 10.1. The number of nitrogens with zero attached hydrogens (tertiary/aromatic N) is 5. The monoisotopic (exact) mass is 562 g/mol. The molecular formula is C22H23ClN8O4S2. The summed E-state index contributed by atoms with van der Waals surface area (Å²) in [6.07, 6.45) is 3.60. The molecule has 12 nitrogen and oxygen atoms in total. The van der Waals surface area contributed by atoms with Crippen molar-refractivity contribution in [2.75, 3.05) is 37.4 Å². The van der Waals surface area contributed by atoms with Gasteiger partial charge in [-0.2, -0.15) is 0 Å². The molecule has 1 atom stereocenters. The van der Waals surface area contributed by atoms with E-state index >= 15 is 0 Å². The smallest absolute Gasteiger partial charge is 0.314 e. The van der Waals surface area contributed by atoms with Crippen LogP contribution >= 0.6 is 34.3 Å². The molecule has 194 valence electrons. The molecule has 4 amide bonds. The number of hydrogen-bond donors (Lipinski definition) is 3. The van der Waals surface area contributed by atoms with E-state index in [1.165, 1.54) is 53.0 Å². The third kappa shape index (κ3) is 6.65. The van der Waals surface area contributed by atoms with Gasteiger partial charge in [0.25, 0.3) is 11.8 Å². The standard InChI is InChI=1S/C22H23ClN8O4S2/c1-30-7-5-13-15(11-30)37-20(28-13)19(34)27-14(21(35)31(2)22-24-6-8-36-22)10-26-17(32)18(33)29-16-4-3-12(23)9-25-16/h3-4,6,8-9,14H,5,7,10-11H2,1-2H3,(H,26,32)(H,27,34)(H,25,29,33). The number of carbonyl (C=O) groups excluding carboxylic acids is 4. The zero-order chi connectivity index (χ0) is 26.5. The Labute approximate surface area is 225 Å². The zero-order valence-electron chi connectivity index (χ0n) is 19.9. The van der Waals surface area contributed by atoms with Crippen LogP contribution in [0.3, 0.4) is 0 Å². The van der Waals surface area contributed by atoms with Crippen molar-refractivity contribution in [3.8, 4) is 0 Å². The molecule has 0 saturated carbocycles. The molecule has 0 aromatic carbocycles. The predicted octanol–water partition coefficient (Wildman–Crippen LogP) is 1.15. The van der Waals surface area contributed by atoms with E-state index in [0.29, 0.717) is 16.7 Å². The van der Waals surface area contributed by atoms with Gasteiger partial charge in [0.15, 0.2) is 10.1 Å². The van der Waals surface area contributed by atoms with Crippen LogP contribution in [0.4, 0.5) is 10.9 Å². The Morgan fingerprint density at radius 2 is 2.03 bits per heavy atom. The minimum Gasteiger partial charge on any atom is -0.345 e. The van der Waals surface area contributed by atoms with E-state index in [4.69, 9.17) is 11.6 Å². The maximum atomic E-state index is 13.2. The lowest BCUT2D eigenvalue weighted by molar-refractivity contribution is -0.136. The lowest BCUT2D eigenvalue weighted by Gasteiger charge is -2.23. The number of likely N-dealkylation sites (N-methyl/N-ethyl adjacent to an activating group) is 2. The molecular weight excluding hydrogens is 540 g/mol. The number of anilines is 2. The Morgan fingerprint density at radius 3 is 2.73 bits per heavy atom. The van der Waals surface area contributed by atoms with E-state index in [1.807, 2.05) is 7.05 Å². The van der Waals surface area contributed by atoms with E-state index in [-0.39, 0.29) is 17.4 Å². The number of fused-ring (bicyclic) bond motifs is 1. The van der Waals surface area contributed by atoms with Crippen LogP contribution in [0.1, 0.15) is 20.4 Å². The summed E-state index contributed by atoms with van der Waals surface area (Å²) in [6, 6.07) is 1.76. The first-order valence-corrected chi connectivity index (χ1v) is 13.1. The highest BCUT2D eigenvalue weighted by molar-refractivity contribution is 7.14. The number of pyridine rings is 1. The average molecular weight is 563 g/mol. The fraction of sp³-hybridized carbons (Fsp3) is 0.318. The molecule has 15 heteroatoms. The van der Waals surface area contributed by atoms with E-state index in [2.05, 4.69) is 35.8 Å². The Hall–Kier alpha value is -3.46. The molecule has 0 bridgehead atoms. The van der Waals surface area contributed by atoms with Crippen LogP contribution in [0.15, 0.2) is 29.9 Å². The zero-order valence-corrected chi connectivity index (χ0v) is 22.2. The molecule has 0 aliphatic carbocycles. The Bertz CT molecular complexity index is 1300. The van der Waals surface area contributed by atoms with Crippen LogP contribution in [0.2, 0.25) is 5.02 Å². The second-order valence-corrected chi connectivity index (χ2v) is 10.5. The summed E-state index contributed by atoms with van der Waals surface area (Å²) in [5.41, 5.74) is 0.872. The maximum Gasteiger partial charge on any atom is 0.314 e. The lowest BCUT2D eigenvalue weighted by Crippen LogP contribution is -2.54. The van der Waals surface area contributed by atoms with Gasteiger partial charge >= 0.3 is 11.8 Å². The number of amides is 4. The highest BCUT2D eigenvalue weighted by atomic mass is 35.5. The van der Waals surface area contributed by atoms with Crippen molar-refractivity contribution in [2.45, 2.75) is 19.0 Å². The van der Waals surface area contributed by atoms with E-state index in [1.54, 1.807) is 11.6 Å². The van der Waals surface area contributed by atoms with Crippen molar-refractivity contribution in [3.63, 3.8) is 0 Å². The first-order chi connectivity index (χ1) is 17.7. The SMILES string of the molecule is CN1CCc2nc(C(=O)NC(CNC(=O)C(=O)Nc3ccc(Cl)cn3)C(=O)N(C)c3nccs3)sc2C1. The Kier molecular flexibility index (Phi) is 8.43. The summed E-state index contributed by atoms with van der Waals surface area (Å²) >= 11 is 8.29. The average Bonchev–Trinajstić information content (AvgIpc) is 3.57. The molecule has 3 aromatic rings. The van der Waals surface area contributed by atoms with Crippen molar-refractivity contribution in [1.29, 1.82) is 0 Å². The molecule has 37 heavy (non-hydrogen) atoms. The molecule has 1 aliphatic heterocycles. The summed E-state index contributed by atoms with van der Waals surface area (Å²) < 4.78 is 0. The van der Waals surface area contributed by atoms with Crippen molar-refractivity contribution in [3.05, 3.63) is 50.5 Å². The number of thiazole rings is 2. The van der Waals surface area contributed by atoms with E-state index < -0.39 is 29.7 Å². The number of halogens is 1. The second-order valence-electron chi connectivity index (χ2n) is 8.14. The van der Waals surface area contributed by atoms with Gasteiger partial charge in [0.2, 0.25) is 0 Å². The fourth-order valence-corrected chi connectivity index (χ4v) is 5.26. The molecule has 1 unspecified atom stereocenters. The molecule has 3 aromatic heterocycles. The molecule has 0 saturated heterocycles. The van der Waals surface area contributed by atoms with Gasteiger partial charge in [0.1, 0.15) is 11.9 Å². The van der Waals surface area contributed by atoms with Crippen molar-refractivity contribution >= 4 is 68.9 Å². The predicted molar refractivity (Wildman–Crippen MR) is 140 cm³/mol. The third-order valence-electron chi connectivity index (χ3n) is 5.40. The molecule has 1 aliphatic rings. The van der Waals surface area contributed by atoms with Crippen LogP contribution in [0.5, 0.6) is 0 Å². The number of nitrogens with one attached hydrogen (secondary N) is 3. The summed E-state index contributed by atoms with van der Waals surface area (Å²) in [5.74, 6) is -2.93. The highest BCUT2D eigenvalue weighted by Crippen LogP contribution is 2.24. The summed E-state index contributed by atoms with van der Waals surface area (Å²) in [7, 11) is 3.51. The van der Waals surface area contributed by atoms with Crippen LogP contribution in [0, 0.1) is 0 Å². The van der Waals surface area contributed by atoms with Gasteiger partial charge in [-0.15, -0.1) is 22.7 Å². The molecule has 0 radical (unpaired) electrons. The van der Waals surface area contributed by atoms with Gasteiger partial charge in [0.05, 0.1) is 10.7 Å². The maximum absolute atomic E-state index is 13.2. The number of aromatic nitrogens is 3. The molecule has 4 heterocycles. The number of rotatable bonds is 7. The minimum atomic E-state index is -1.18. The van der Waals surface area contributed by atoms with Gasteiger partial charge in [-0.1, -0.05) is 11.6 Å². The van der Waals surface area contributed by atoms with Crippen molar-refractivity contribution in [2.24, 2.45) is 0 Å². The molecule has 4 rings (SSSR count). The quantitative estimate of drug-likeness (QED) is 0.363. The molecule has 0 spiro atoms. The van der Waals surface area contributed by atoms with Gasteiger partial charge < -0.3 is 20.9 Å². The first kappa shape index (κ1) is 26.6. The fourth-order valence-electron chi connectivity index (χ4n) is 3.45. The van der Waals surface area contributed by atoms with E-state index in [0.717, 1.165) is 23.5 Å². The summed E-state index contributed by atoms with van der Waals surface area (Å²) in [6.45, 7) is 1.20. The van der Waals surface area contributed by atoms with Crippen molar-refractivity contribution < 1.29 is 19.2 Å². The largest absolute Gasteiger partial charge is 0.345 e. The Morgan fingerprint density at radius 1 is 1.22 bits per heavy atom. The first-order valence-electron chi connectivity index (χ1n) is 11.1. The Balaban J connectivity index is 1.44. The van der Waals surface area contributed by atoms with Crippen LogP contribution in [0.25, 0.3) is 0 Å². The molecule has 3 N–H and O–H groups in total. The van der Waals surface area contributed by atoms with Crippen LogP contribution in [-0.4, -0.2) is 76.7 Å². The highest BCUT2D eigenvalue weighted by Gasteiger charge is 2.30. The number of carbonyl (C=O) groups is 4. The van der Waals surface area contributed by atoms with E-state index in [9.17, 15) is 19.2 Å².